The Bertz CT molecular complexity index is 736. The minimum atomic E-state index is -0.177. The number of esters is 1. The summed E-state index contributed by atoms with van der Waals surface area (Å²) in [6, 6.07) is 3.85. The highest BCUT2D eigenvalue weighted by atomic mass is 35.5. The van der Waals surface area contributed by atoms with Crippen molar-refractivity contribution in [3.05, 3.63) is 42.2 Å². The van der Waals surface area contributed by atoms with Crippen LogP contribution in [0.4, 0.5) is 0 Å². The van der Waals surface area contributed by atoms with Gasteiger partial charge in [-0.15, -0.1) is 0 Å². The number of aromatic nitrogens is 1. The number of hydrogen-bond acceptors (Lipinski definition) is 2. The van der Waals surface area contributed by atoms with Gasteiger partial charge in [0.25, 0.3) is 0 Å². The number of rotatable bonds is 30. The first-order valence-electron chi connectivity index (χ1n) is 18.1. The van der Waals surface area contributed by atoms with Crippen LogP contribution in [0.3, 0.4) is 0 Å². The van der Waals surface area contributed by atoms with E-state index in [9.17, 15) is 4.79 Å². The number of halogens is 1. The summed E-state index contributed by atoms with van der Waals surface area (Å²) >= 11 is 0. The molecule has 0 amide bonds. The van der Waals surface area contributed by atoms with E-state index in [0.29, 0.717) is 12.2 Å². The van der Waals surface area contributed by atoms with Crippen LogP contribution in [0, 0.1) is 0 Å². The van der Waals surface area contributed by atoms with Crippen molar-refractivity contribution in [1.82, 2.24) is 0 Å². The van der Waals surface area contributed by atoms with Crippen LogP contribution in [0.25, 0.3) is 0 Å². The van der Waals surface area contributed by atoms with Crippen LogP contribution in [-0.4, -0.2) is 12.6 Å². The van der Waals surface area contributed by atoms with E-state index in [4.69, 9.17) is 4.74 Å². The largest absolute Gasteiger partial charge is 1.00 e. The second-order valence-electron chi connectivity index (χ2n) is 12.3. The Labute approximate surface area is 268 Å². The van der Waals surface area contributed by atoms with Crippen LogP contribution in [0.2, 0.25) is 0 Å². The number of carbonyl (C=O) groups is 1. The molecule has 0 radical (unpaired) electrons. The quantitative estimate of drug-likeness (QED) is 0.0379. The second kappa shape index (κ2) is 32.6. The number of nitrogens with zero attached hydrogens (tertiary/aromatic N) is 1. The highest BCUT2D eigenvalue weighted by molar-refractivity contribution is 5.88. The van der Waals surface area contributed by atoms with E-state index in [1.807, 2.05) is 18.3 Å². The average molecular weight is 606 g/mol. The van der Waals surface area contributed by atoms with Crippen molar-refractivity contribution >= 4 is 5.97 Å². The van der Waals surface area contributed by atoms with Gasteiger partial charge in [0, 0.05) is 12.5 Å². The summed E-state index contributed by atoms with van der Waals surface area (Å²) in [5.74, 6) is -0.177. The maximum atomic E-state index is 12.5. The van der Waals surface area contributed by atoms with Gasteiger partial charge >= 0.3 is 5.97 Å². The Morgan fingerprint density at radius 2 is 1.05 bits per heavy atom. The lowest BCUT2D eigenvalue weighted by Crippen LogP contribution is -3.00. The first-order valence-corrected chi connectivity index (χ1v) is 18.1. The summed E-state index contributed by atoms with van der Waals surface area (Å²) in [4.78, 5) is 12.5. The Morgan fingerprint density at radius 1 is 0.619 bits per heavy atom. The van der Waals surface area contributed by atoms with Gasteiger partial charge in [-0.05, 0) is 44.6 Å². The van der Waals surface area contributed by atoms with E-state index < -0.39 is 0 Å². The smallest absolute Gasteiger partial charge is 0.344 e. The number of ether oxygens (including phenoxy) is 1. The number of aryl methyl sites for hydroxylation is 1. The third-order valence-corrected chi connectivity index (χ3v) is 8.25. The lowest BCUT2D eigenvalue weighted by molar-refractivity contribution is -0.697. The summed E-state index contributed by atoms with van der Waals surface area (Å²) < 4.78 is 7.70. The minimum Gasteiger partial charge on any atom is -1.00 e. The number of hydrogen-bond donors (Lipinski definition) is 0. The predicted octanol–water partition coefficient (Wildman–Crippen LogP) is 8.87. The van der Waals surface area contributed by atoms with Gasteiger partial charge in [-0.1, -0.05) is 148 Å². The van der Waals surface area contributed by atoms with Crippen LogP contribution >= 0.6 is 0 Å². The van der Waals surface area contributed by atoms with E-state index in [0.717, 1.165) is 19.4 Å². The first-order chi connectivity index (χ1) is 20.3. The molecule has 244 valence electrons. The molecule has 1 aromatic rings. The number of unbranched alkanes of at least 4 members (excludes halogenated alkanes) is 23. The molecule has 0 saturated heterocycles. The van der Waals surface area contributed by atoms with Crippen molar-refractivity contribution in [1.29, 1.82) is 0 Å². The topological polar surface area (TPSA) is 30.2 Å². The minimum absolute atomic E-state index is 0. The van der Waals surface area contributed by atoms with E-state index in [2.05, 4.69) is 36.8 Å². The maximum absolute atomic E-state index is 12.5. The van der Waals surface area contributed by atoms with Crippen molar-refractivity contribution in [2.75, 3.05) is 6.61 Å². The maximum Gasteiger partial charge on any atom is 0.344 e. The van der Waals surface area contributed by atoms with Crippen molar-refractivity contribution in [2.45, 2.75) is 187 Å². The highest BCUT2D eigenvalue weighted by Crippen LogP contribution is 2.13. The Kier molecular flexibility index (Phi) is 31.5. The van der Waals surface area contributed by atoms with Gasteiger partial charge in [-0.2, -0.15) is 0 Å². The zero-order valence-electron chi connectivity index (χ0n) is 27.9. The fraction of sp³-hybridized carbons (Fsp3) is 0.789. The van der Waals surface area contributed by atoms with E-state index in [1.54, 1.807) is 0 Å². The molecule has 1 aromatic heterocycles. The molecule has 3 nitrogen and oxygen atoms in total. The molecule has 42 heavy (non-hydrogen) atoms. The molecule has 0 saturated carbocycles. The number of allylic oxidation sites excluding steroid dienone is 2. The van der Waals surface area contributed by atoms with Gasteiger partial charge in [-0.3, -0.25) is 0 Å². The molecule has 0 aromatic carbocycles. The third kappa shape index (κ3) is 26.3. The van der Waals surface area contributed by atoms with Crippen molar-refractivity contribution in [2.24, 2.45) is 0 Å². The standard InChI is InChI=1S/C38H68NO2.ClH/c1-3-5-7-9-11-13-15-17-18-19-20-21-23-25-27-29-33-39-34-31-32-37(36-39)38(40)41-35-30-28-26-24-22-16-14-12-10-8-6-4-2;/h17-18,31-32,34,36H,3-16,19-30,33,35H2,1-2H3;1H/q+1;/p-1/b18-17-;. The Morgan fingerprint density at radius 3 is 1.55 bits per heavy atom. The molecule has 0 fully saturated rings. The molecule has 0 N–H and O–H groups in total. The van der Waals surface area contributed by atoms with Crippen molar-refractivity contribution < 1.29 is 26.5 Å². The molecule has 0 bridgehead atoms. The van der Waals surface area contributed by atoms with Crippen LogP contribution in [0.15, 0.2) is 36.7 Å². The van der Waals surface area contributed by atoms with E-state index in [1.165, 1.54) is 154 Å². The van der Waals surface area contributed by atoms with E-state index >= 15 is 0 Å². The summed E-state index contributed by atoms with van der Waals surface area (Å²) in [5, 5.41) is 0. The summed E-state index contributed by atoms with van der Waals surface area (Å²) in [5.41, 5.74) is 0.677. The zero-order valence-corrected chi connectivity index (χ0v) is 28.7. The fourth-order valence-electron chi connectivity index (χ4n) is 5.51. The molecular weight excluding hydrogens is 538 g/mol. The fourth-order valence-corrected chi connectivity index (χ4v) is 5.51. The van der Waals surface area contributed by atoms with Crippen LogP contribution < -0.4 is 17.0 Å². The summed E-state index contributed by atoms with van der Waals surface area (Å²) in [6.45, 7) is 6.07. The lowest BCUT2D eigenvalue weighted by atomic mass is 10.1. The highest BCUT2D eigenvalue weighted by Gasteiger charge is 2.12. The van der Waals surface area contributed by atoms with Gasteiger partial charge in [0.2, 0.25) is 0 Å². The SMILES string of the molecule is CCCCCCCC/C=C\CCCCCCCC[n+]1cccc(C(=O)OCCCCCCCCCCCCCC)c1.[Cl-]. The number of carbonyl (C=O) groups excluding carboxylic acids is 1. The lowest BCUT2D eigenvalue weighted by Gasteiger charge is -2.05. The number of pyridine rings is 1. The molecule has 4 heteroatoms. The summed E-state index contributed by atoms with van der Waals surface area (Å²) in [7, 11) is 0. The molecule has 0 aliphatic heterocycles. The first kappa shape index (κ1) is 40.6. The Balaban J connectivity index is 0.0000168. The van der Waals surface area contributed by atoms with Crippen molar-refractivity contribution in [3.8, 4) is 0 Å². The van der Waals surface area contributed by atoms with Gasteiger partial charge in [0.15, 0.2) is 12.4 Å². The molecule has 1 rings (SSSR count). The molecule has 0 unspecified atom stereocenters. The molecule has 0 atom stereocenters. The van der Waals surface area contributed by atoms with Crippen LogP contribution in [-0.2, 0) is 11.3 Å². The molecule has 0 aliphatic carbocycles. The van der Waals surface area contributed by atoms with Gasteiger partial charge in [0.05, 0.1) is 6.61 Å². The molecule has 0 spiro atoms. The van der Waals surface area contributed by atoms with Gasteiger partial charge in [-0.25, -0.2) is 9.36 Å². The average Bonchev–Trinajstić information content (AvgIpc) is 2.99. The van der Waals surface area contributed by atoms with Gasteiger partial charge < -0.3 is 17.1 Å². The van der Waals surface area contributed by atoms with E-state index in [-0.39, 0.29) is 18.4 Å². The third-order valence-electron chi connectivity index (χ3n) is 8.25. The molecular formula is C38H68ClNO2. The van der Waals surface area contributed by atoms with Crippen molar-refractivity contribution in [3.63, 3.8) is 0 Å². The van der Waals surface area contributed by atoms with Gasteiger partial charge in [0.1, 0.15) is 12.1 Å². The summed E-state index contributed by atoms with van der Waals surface area (Å²) in [6.07, 6.45) is 43.2. The van der Waals surface area contributed by atoms with Crippen LogP contribution in [0.1, 0.15) is 191 Å². The normalized spacial score (nSPS) is 11.2. The zero-order chi connectivity index (χ0) is 29.5. The molecule has 1 heterocycles. The second-order valence-corrected chi connectivity index (χ2v) is 12.3. The van der Waals surface area contributed by atoms with Crippen LogP contribution in [0.5, 0.6) is 0 Å². The Hall–Kier alpha value is -1.35. The predicted molar refractivity (Wildman–Crippen MR) is 177 cm³/mol. The molecule has 0 aliphatic rings. The monoisotopic (exact) mass is 605 g/mol.